The van der Waals surface area contributed by atoms with Crippen molar-refractivity contribution in [3.63, 3.8) is 0 Å². The number of likely N-dealkylation sites (tertiary alicyclic amines) is 1. The minimum Gasteiger partial charge on any atom is -0.462 e. The van der Waals surface area contributed by atoms with Crippen LogP contribution in [0, 0.1) is 0 Å². The summed E-state index contributed by atoms with van der Waals surface area (Å²) < 4.78 is 7.64. The summed E-state index contributed by atoms with van der Waals surface area (Å²) in [5.41, 5.74) is 1.83. The van der Waals surface area contributed by atoms with E-state index in [-0.39, 0.29) is 18.6 Å². The van der Waals surface area contributed by atoms with Gasteiger partial charge >= 0.3 is 0 Å². The highest BCUT2D eigenvalue weighted by Gasteiger charge is 2.28. The van der Waals surface area contributed by atoms with Crippen molar-refractivity contribution in [2.24, 2.45) is 7.05 Å². The maximum atomic E-state index is 12.0. The Hall–Kier alpha value is -2.05. The van der Waals surface area contributed by atoms with Crippen molar-refractivity contribution in [2.75, 3.05) is 13.6 Å². The van der Waals surface area contributed by atoms with E-state index in [9.17, 15) is 4.79 Å². The third kappa shape index (κ3) is 3.25. The fourth-order valence-corrected chi connectivity index (χ4v) is 3.53. The number of furan rings is 1. The molecule has 1 fully saturated rings. The summed E-state index contributed by atoms with van der Waals surface area (Å²) in [6.07, 6.45) is 3.41. The second-order valence-corrected chi connectivity index (χ2v) is 6.29. The van der Waals surface area contributed by atoms with Crippen LogP contribution in [0.5, 0.6) is 0 Å². The minimum atomic E-state index is -0.0727. The molecule has 1 amide bonds. The van der Waals surface area contributed by atoms with Gasteiger partial charge in [-0.15, -0.1) is 0 Å². The van der Waals surface area contributed by atoms with Crippen LogP contribution in [0.25, 0.3) is 0 Å². The number of hydrogen-bond acceptors (Lipinski definition) is 4. The van der Waals surface area contributed by atoms with Gasteiger partial charge in [0.15, 0.2) is 0 Å². The predicted molar refractivity (Wildman–Crippen MR) is 90.4 cm³/mol. The molecule has 6 nitrogen and oxygen atoms in total. The smallest absolute Gasteiger partial charge is 0.267 e. The summed E-state index contributed by atoms with van der Waals surface area (Å²) in [6.45, 7) is 1.64. The first kappa shape index (κ1) is 16.8. The first-order chi connectivity index (χ1) is 11.6. The molecule has 1 aliphatic heterocycles. The lowest BCUT2D eigenvalue weighted by Crippen LogP contribution is -2.34. The molecule has 3 heterocycles. The Bertz CT molecular complexity index is 704. The lowest BCUT2D eigenvalue weighted by molar-refractivity contribution is 0.0951. The van der Waals surface area contributed by atoms with Crippen LogP contribution >= 0.6 is 0 Å². The summed E-state index contributed by atoms with van der Waals surface area (Å²) in [5, 5.41) is 11.8. The molecule has 1 aliphatic rings. The van der Waals surface area contributed by atoms with Gasteiger partial charge in [-0.3, -0.25) is 9.69 Å². The van der Waals surface area contributed by atoms with Crippen LogP contribution in [0.15, 0.2) is 28.7 Å². The number of hydrogen-bond donors (Lipinski definition) is 2. The Morgan fingerprint density at radius 3 is 2.79 bits per heavy atom. The molecule has 1 saturated heterocycles. The van der Waals surface area contributed by atoms with E-state index in [1.54, 1.807) is 7.05 Å². The zero-order chi connectivity index (χ0) is 17.1. The molecule has 0 spiro atoms. The number of carbonyl (C=O) groups is 1. The summed E-state index contributed by atoms with van der Waals surface area (Å²) in [6, 6.07) is 7.95. The molecule has 0 aliphatic carbocycles. The number of nitrogens with one attached hydrogen (secondary N) is 1. The average Bonchev–Trinajstić information content (AvgIpc) is 3.21. The lowest BCUT2D eigenvalue weighted by atomic mass is 9.99. The molecule has 0 aromatic carbocycles. The molecule has 130 valence electrons. The number of aromatic nitrogens is 1. The van der Waals surface area contributed by atoms with E-state index >= 15 is 0 Å². The maximum absolute atomic E-state index is 12.0. The number of nitrogens with zero attached hydrogens (tertiary/aromatic N) is 2. The van der Waals surface area contributed by atoms with E-state index in [0.29, 0.717) is 18.0 Å². The molecule has 0 unspecified atom stereocenters. The van der Waals surface area contributed by atoms with Gasteiger partial charge in [-0.25, -0.2) is 0 Å². The van der Waals surface area contributed by atoms with Crippen LogP contribution in [0.4, 0.5) is 0 Å². The molecular formula is C18H25N3O3. The van der Waals surface area contributed by atoms with Gasteiger partial charge in [-0.05, 0) is 43.7 Å². The lowest BCUT2D eigenvalue weighted by Gasteiger charge is -2.35. The number of rotatable bonds is 5. The van der Waals surface area contributed by atoms with Crippen molar-refractivity contribution in [1.29, 1.82) is 0 Å². The number of amides is 1. The molecule has 0 saturated carbocycles. The Morgan fingerprint density at radius 1 is 1.29 bits per heavy atom. The first-order valence-electron chi connectivity index (χ1n) is 8.44. The summed E-state index contributed by atoms with van der Waals surface area (Å²) in [5.74, 6) is 1.40. The van der Waals surface area contributed by atoms with Gasteiger partial charge in [-0.1, -0.05) is 6.42 Å². The summed E-state index contributed by atoms with van der Waals surface area (Å²) >= 11 is 0. The predicted octanol–water partition coefficient (Wildman–Crippen LogP) is 2.20. The Kier molecular flexibility index (Phi) is 5.06. The number of aliphatic hydroxyl groups excluding tert-OH is 1. The Balaban J connectivity index is 1.82. The highest BCUT2D eigenvalue weighted by atomic mass is 16.4. The Morgan fingerprint density at radius 2 is 2.08 bits per heavy atom. The number of piperidine rings is 1. The van der Waals surface area contributed by atoms with Crippen LogP contribution in [0.1, 0.15) is 53.0 Å². The summed E-state index contributed by atoms with van der Waals surface area (Å²) in [4.78, 5) is 14.3. The first-order valence-corrected chi connectivity index (χ1v) is 8.44. The van der Waals surface area contributed by atoms with Crippen molar-refractivity contribution < 1.29 is 14.3 Å². The fourth-order valence-electron chi connectivity index (χ4n) is 3.53. The van der Waals surface area contributed by atoms with E-state index in [0.717, 1.165) is 30.8 Å². The number of carbonyl (C=O) groups excluding carboxylic acids is 1. The fraction of sp³-hybridized carbons (Fsp3) is 0.500. The average molecular weight is 331 g/mol. The quantitative estimate of drug-likeness (QED) is 0.881. The maximum Gasteiger partial charge on any atom is 0.267 e. The molecule has 3 rings (SSSR count). The molecule has 0 bridgehead atoms. The van der Waals surface area contributed by atoms with Crippen molar-refractivity contribution >= 4 is 5.91 Å². The van der Waals surface area contributed by atoms with Crippen LogP contribution in [0.2, 0.25) is 0 Å². The minimum absolute atomic E-state index is 0.0651. The van der Waals surface area contributed by atoms with Gasteiger partial charge < -0.3 is 19.4 Å². The molecule has 24 heavy (non-hydrogen) atoms. The van der Waals surface area contributed by atoms with Crippen molar-refractivity contribution in [2.45, 2.75) is 38.5 Å². The zero-order valence-corrected chi connectivity index (χ0v) is 14.3. The van der Waals surface area contributed by atoms with E-state index < -0.39 is 0 Å². The van der Waals surface area contributed by atoms with Crippen molar-refractivity contribution in [1.82, 2.24) is 14.8 Å². The third-order valence-electron chi connectivity index (χ3n) is 4.81. The third-order valence-corrected chi connectivity index (χ3v) is 4.81. The monoisotopic (exact) mass is 331 g/mol. The van der Waals surface area contributed by atoms with E-state index in [1.807, 2.05) is 29.8 Å². The summed E-state index contributed by atoms with van der Waals surface area (Å²) in [7, 11) is 3.60. The standard InChI is InChI=1S/C18H25N3O3/c1-19-18(23)17-9-8-15(20(17)2)16-5-3-4-10-21(16)11-13-6-7-14(12-22)24-13/h6-9,16,22H,3-5,10-12H2,1-2H3,(H,19,23)/t16-/m1/s1. The molecule has 2 aromatic heterocycles. The van der Waals surface area contributed by atoms with E-state index in [4.69, 9.17) is 9.52 Å². The molecule has 2 N–H and O–H groups in total. The molecule has 2 aromatic rings. The van der Waals surface area contributed by atoms with Gasteiger partial charge in [0.25, 0.3) is 5.91 Å². The molecule has 1 atom stereocenters. The van der Waals surface area contributed by atoms with Crippen LogP contribution < -0.4 is 5.32 Å². The van der Waals surface area contributed by atoms with Crippen LogP contribution in [-0.4, -0.2) is 34.1 Å². The molecular weight excluding hydrogens is 306 g/mol. The van der Waals surface area contributed by atoms with Gasteiger partial charge in [0.1, 0.15) is 23.8 Å². The second kappa shape index (κ2) is 7.23. The van der Waals surface area contributed by atoms with Gasteiger partial charge in [-0.2, -0.15) is 0 Å². The highest BCUT2D eigenvalue weighted by molar-refractivity contribution is 5.92. The normalized spacial score (nSPS) is 18.7. The topological polar surface area (TPSA) is 70.6 Å². The number of aliphatic hydroxyl groups is 1. The van der Waals surface area contributed by atoms with E-state index in [1.165, 1.54) is 6.42 Å². The van der Waals surface area contributed by atoms with Crippen LogP contribution in [-0.2, 0) is 20.2 Å². The van der Waals surface area contributed by atoms with Crippen molar-refractivity contribution in [3.05, 3.63) is 47.2 Å². The van der Waals surface area contributed by atoms with Gasteiger partial charge in [0.05, 0.1) is 12.6 Å². The Labute approximate surface area is 142 Å². The van der Waals surface area contributed by atoms with Gasteiger partial charge in [0.2, 0.25) is 0 Å². The van der Waals surface area contributed by atoms with Crippen molar-refractivity contribution in [3.8, 4) is 0 Å². The van der Waals surface area contributed by atoms with E-state index in [2.05, 4.69) is 16.3 Å². The zero-order valence-electron chi connectivity index (χ0n) is 14.3. The molecule has 0 radical (unpaired) electrons. The second-order valence-electron chi connectivity index (χ2n) is 6.29. The molecule has 6 heteroatoms. The SMILES string of the molecule is CNC(=O)c1ccc([C@H]2CCCCN2Cc2ccc(CO)o2)n1C. The van der Waals surface area contributed by atoms with Crippen LogP contribution in [0.3, 0.4) is 0 Å². The largest absolute Gasteiger partial charge is 0.462 e. The highest BCUT2D eigenvalue weighted by Crippen LogP contribution is 2.33. The van der Waals surface area contributed by atoms with Gasteiger partial charge in [0, 0.05) is 19.8 Å².